The highest BCUT2D eigenvalue weighted by molar-refractivity contribution is 7.12. The van der Waals surface area contributed by atoms with Crippen LogP contribution < -0.4 is 10.9 Å². The van der Waals surface area contributed by atoms with Gasteiger partial charge in [0.25, 0.3) is 5.56 Å². The lowest BCUT2D eigenvalue weighted by molar-refractivity contribution is -0.141. The van der Waals surface area contributed by atoms with E-state index >= 15 is 0 Å². The van der Waals surface area contributed by atoms with Crippen LogP contribution in [0.1, 0.15) is 30.7 Å². The SMILES string of the molecule is O=C([C@@H]1CCNC[C@H]1c1ccccc1)N1CCC(O)(Cn2cnc3c(ccn3-c3cccs3)c2=O)CC1. The van der Waals surface area contributed by atoms with Crippen molar-refractivity contribution in [2.24, 2.45) is 5.92 Å². The van der Waals surface area contributed by atoms with Gasteiger partial charge in [0.2, 0.25) is 5.91 Å². The number of aliphatic hydroxyl groups is 1. The molecule has 1 amide bonds. The second kappa shape index (κ2) is 9.89. The van der Waals surface area contributed by atoms with Crippen LogP contribution in [0.2, 0.25) is 0 Å². The molecule has 4 aromatic rings. The molecule has 0 unspecified atom stereocenters. The number of thiophene rings is 1. The number of amides is 1. The molecular formula is C28H31N5O3S. The predicted molar refractivity (Wildman–Crippen MR) is 144 cm³/mol. The molecule has 0 aliphatic carbocycles. The number of likely N-dealkylation sites (tertiary alicyclic amines) is 1. The summed E-state index contributed by atoms with van der Waals surface area (Å²) >= 11 is 1.58. The fraction of sp³-hybridized carbons (Fsp3) is 0.393. The van der Waals surface area contributed by atoms with Crippen molar-refractivity contribution in [2.75, 3.05) is 26.2 Å². The van der Waals surface area contributed by atoms with Gasteiger partial charge in [-0.3, -0.25) is 18.7 Å². The van der Waals surface area contributed by atoms with Crippen molar-refractivity contribution >= 4 is 28.3 Å². The zero-order chi connectivity index (χ0) is 25.4. The molecule has 6 rings (SSSR count). The van der Waals surface area contributed by atoms with E-state index in [0.29, 0.717) is 37.0 Å². The van der Waals surface area contributed by atoms with E-state index in [9.17, 15) is 14.7 Å². The van der Waals surface area contributed by atoms with Crippen molar-refractivity contribution < 1.29 is 9.90 Å². The van der Waals surface area contributed by atoms with E-state index in [1.54, 1.807) is 17.4 Å². The van der Waals surface area contributed by atoms with E-state index in [0.717, 1.165) is 24.5 Å². The Hall–Kier alpha value is -3.27. The summed E-state index contributed by atoms with van der Waals surface area (Å²) in [4.78, 5) is 33.2. The van der Waals surface area contributed by atoms with Crippen molar-refractivity contribution in [1.29, 1.82) is 0 Å². The van der Waals surface area contributed by atoms with Crippen LogP contribution in [-0.2, 0) is 11.3 Å². The van der Waals surface area contributed by atoms with Crippen molar-refractivity contribution in [3.05, 3.63) is 82.4 Å². The molecule has 8 nitrogen and oxygen atoms in total. The molecule has 2 aliphatic rings. The normalized spacial score (nSPS) is 21.8. The van der Waals surface area contributed by atoms with Gasteiger partial charge in [0.15, 0.2) is 5.65 Å². The van der Waals surface area contributed by atoms with Gasteiger partial charge in [0, 0.05) is 37.7 Å². The highest BCUT2D eigenvalue weighted by Crippen LogP contribution is 2.33. The second-order valence-corrected chi connectivity index (χ2v) is 11.1. The number of piperidine rings is 2. The summed E-state index contributed by atoms with van der Waals surface area (Å²) in [5.41, 5.74) is 0.592. The Labute approximate surface area is 219 Å². The molecule has 0 saturated carbocycles. The lowest BCUT2D eigenvalue weighted by Gasteiger charge is -2.41. The second-order valence-electron chi connectivity index (χ2n) is 10.2. The number of carbonyl (C=O) groups is 1. The molecule has 2 atom stereocenters. The first kappa shape index (κ1) is 24.1. The first-order valence-electron chi connectivity index (χ1n) is 12.9. The molecule has 192 valence electrons. The Kier molecular flexibility index (Phi) is 6.44. The van der Waals surface area contributed by atoms with Gasteiger partial charge in [-0.1, -0.05) is 30.3 Å². The maximum atomic E-state index is 13.6. The van der Waals surface area contributed by atoms with Crippen LogP contribution in [0.5, 0.6) is 0 Å². The Balaban J connectivity index is 1.14. The van der Waals surface area contributed by atoms with E-state index < -0.39 is 5.60 Å². The Bertz CT molecular complexity index is 1440. The molecule has 2 saturated heterocycles. The summed E-state index contributed by atoms with van der Waals surface area (Å²) in [7, 11) is 0. The van der Waals surface area contributed by atoms with E-state index in [-0.39, 0.29) is 29.8 Å². The van der Waals surface area contributed by atoms with Gasteiger partial charge >= 0.3 is 0 Å². The minimum atomic E-state index is -1.06. The van der Waals surface area contributed by atoms with Crippen LogP contribution in [0.3, 0.4) is 0 Å². The third-order valence-corrected chi connectivity index (χ3v) is 8.78. The first-order chi connectivity index (χ1) is 18.0. The van der Waals surface area contributed by atoms with E-state index in [4.69, 9.17) is 0 Å². The minimum Gasteiger partial charge on any atom is -0.388 e. The number of aromatic nitrogens is 3. The standard InChI is InChI=1S/C28H31N5O3S/c34-26(21-8-12-29-17-23(21)20-5-2-1-3-6-20)31-14-10-28(36,11-15-31)18-32-19-30-25-22(27(32)35)9-13-33(25)24-7-4-16-37-24/h1-7,9,13,16,19,21,23,29,36H,8,10-12,14-15,17-18H2/t21-,23+/m1/s1. The van der Waals surface area contributed by atoms with Crippen LogP contribution >= 0.6 is 11.3 Å². The lowest BCUT2D eigenvalue weighted by Crippen LogP contribution is -2.52. The molecule has 1 aromatic carbocycles. The fourth-order valence-electron chi connectivity index (χ4n) is 5.81. The van der Waals surface area contributed by atoms with Crippen LogP contribution in [0.25, 0.3) is 16.0 Å². The Morgan fingerprint density at radius 3 is 2.70 bits per heavy atom. The highest BCUT2D eigenvalue weighted by atomic mass is 32.1. The number of rotatable bonds is 5. The molecule has 9 heteroatoms. The van der Waals surface area contributed by atoms with E-state index in [2.05, 4.69) is 22.4 Å². The summed E-state index contributed by atoms with van der Waals surface area (Å²) < 4.78 is 3.42. The number of nitrogens with zero attached hydrogens (tertiary/aromatic N) is 4. The summed E-state index contributed by atoms with van der Waals surface area (Å²) in [5.74, 6) is 0.269. The van der Waals surface area contributed by atoms with Crippen molar-refractivity contribution in [1.82, 2.24) is 24.3 Å². The Morgan fingerprint density at radius 2 is 1.95 bits per heavy atom. The summed E-state index contributed by atoms with van der Waals surface area (Å²) in [5, 5.41) is 18.3. The highest BCUT2D eigenvalue weighted by Gasteiger charge is 2.39. The molecule has 37 heavy (non-hydrogen) atoms. The zero-order valence-corrected chi connectivity index (χ0v) is 21.4. The molecule has 0 radical (unpaired) electrons. The van der Waals surface area contributed by atoms with Crippen LogP contribution in [0, 0.1) is 5.92 Å². The first-order valence-corrected chi connectivity index (χ1v) is 13.8. The number of fused-ring (bicyclic) bond motifs is 1. The Morgan fingerprint density at radius 1 is 1.14 bits per heavy atom. The summed E-state index contributed by atoms with van der Waals surface area (Å²) in [6.07, 6.45) is 5.06. The monoisotopic (exact) mass is 517 g/mol. The topological polar surface area (TPSA) is 92.4 Å². The van der Waals surface area contributed by atoms with E-state index in [1.165, 1.54) is 16.5 Å². The number of hydrogen-bond donors (Lipinski definition) is 2. The van der Waals surface area contributed by atoms with Crippen molar-refractivity contribution in [3.63, 3.8) is 0 Å². The fourth-order valence-corrected chi connectivity index (χ4v) is 6.52. The molecule has 2 N–H and O–H groups in total. The number of carbonyl (C=O) groups excluding carboxylic acids is 1. The third kappa shape index (κ3) is 4.63. The summed E-state index contributed by atoms with van der Waals surface area (Å²) in [6.45, 7) is 2.77. The van der Waals surface area contributed by atoms with E-state index in [1.807, 2.05) is 51.4 Å². The molecule has 3 aromatic heterocycles. The van der Waals surface area contributed by atoms with Crippen LogP contribution in [0.15, 0.2) is 71.2 Å². The van der Waals surface area contributed by atoms with Gasteiger partial charge in [0.1, 0.15) is 11.3 Å². The maximum absolute atomic E-state index is 13.6. The van der Waals surface area contributed by atoms with Gasteiger partial charge < -0.3 is 15.3 Å². The maximum Gasteiger partial charge on any atom is 0.262 e. The molecule has 2 fully saturated rings. The molecule has 0 spiro atoms. The van der Waals surface area contributed by atoms with Gasteiger partial charge in [-0.2, -0.15) is 0 Å². The molecule has 0 bridgehead atoms. The van der Waals surface area contributed by atoms with Gasteiger partial charge in [0.05, 0.1) is 17.5 Å². The van der Waals surface area contributed by atoms with Gasteiger partial charge in [-0.25, -0.2) is 4.98 Å². The number of hydrogen-bond acceptors (Lipinski definition) is 6. The average Bonchev–Trinajstić information content (AvgIpc) is 3.61. The van der Waals surface area contributed by atoms with Gasteiger partial charge in [-0.15, -0.1) is 11.3 Å². The quantitative estimate of drug-likeness (QED) is 0.425. The van der Waals surface area contributed by atoms with Crippen molar-refractivity contribution in [2.45, 2.75) is 37.3 Å². The molecule has 2 aliphatic heterocycles. The predicted octanol–water partition coefficient (Wildman–Crippen LogP) is 3.00. The largest absolute Gasteiger partial charge is 0.388 e. The number of benzene rings is 1. The minimum absolute atomic E-state index is 0.0588. The van der Waals surface area contributed by atoms with Gasteiger partial charge in [-0.05, 0) is 54.9 Å². The lowest BCUT2D eigenvalue weighted by atomic mass is 9.80. The van der Waals surface area contributed by atoms with Crippen LogP contribution in [-0.4, -0.2) is 61.8 Å². The van der Waals surface area contributed by atoms with Crippen LogP contribution in [0.4, 0.5) is 0 Å². The average molecular weight is 518 g/mol. The van der Waals surface area contributed by atoms with Crippen molar-refractivity contribution in [3.8, 4) is 5.00 Å². The molecule has 5 heterocycles. The smallest absolute Gasteiger partial charge is 0.262 e. The summed E-state index contributed by atoms with van der Waals surface area (Å²) in [6, 6.07) is 16.0. The number of nitrogens with one attached hydrogen (secondary N) is 1. The molecular weight excluding hydrogens is 486 g/mol. The third-order valence-electron chi connectivity index (χ3n) is 7.91. The zero-order valence-electron chi connectivity index (χ0n) is 20.6.